The molecule has 5 heteroatoms. The number of hydrogen-bond donors (Lipinski definition) is 2. The Morgan fingerprint density at radius 1 is 1.56 bits per heavy atom. The first kappa shape index (κ1) is 13.9. The maximum atomic E-state index is 10.7. The van der Waals surface area contributed by atoms with E-state index < -0.39 is 5.97 Å². The molecule has 0 atom stereocenters. The van der Waals surface area contributed by atoms with Crippen molar-refractivity contribution in [3.8, 4) is 23.8 Å². The third kappa shape index (κ3) is 4.00. The summed E-state index contributed by atoms with van der Waals surface area (Å²) in [5.41, 5.74) is 0.821. The maximum absolute atomic E-state index is 10.7. The number of ether oxygens (including phenoxy) is 1. The van der Waals surface area contributed by atoms with Crippen molar-refractivity contribution >= 4 is 5.97 Å². The molecule has 0 saturated heterocycles. The van der Waals surface area contributed by atoms with Gasteiger partial charge in [-0.1, -0.05) is 12.0 Å². The van der Waals surface area contributed by atoms with Crippen molar-refractivity contribution in [1.82, 2.24) is 4.90 Å². The van der Waals surface area contributed by atoms with Crippen molar-refractivity contribution in [1.29, 1.82) is 0 Å². The van der Waals surface area contributed by atoms with Crippen molar-refractivity contribution in [2.75, 3.05) is 20.2 Å². The Kier molecular flexibility index (Phi) is 5.03. The first-order valence-electron chi connectivity index (χ1n) is 5.30. The standard InChI is InChI=1S/C13H15NO4/c1-3-6-14(9-13(16)17)8-10-4-5-11(15)12(7-10)18-2/h1,4-5,7,15H,6,8-9H2,2H3,(H,16,17). The molecule has 0 fully saturated rings. The zero-order chi connectivity index (χ0) is 13.5. The quantitative estimate of drug-likeness (QED) is 0.734. The highest BCUT2D eigenvalue weighted by Crippen LogP contribution is 2.26. The highest BCUT2D eigenvalue weighted by Gasteiger charge is 2.10. The topological polar surface area (TPSA) is 70.0 Å². The van der Waals surface area contributed by atoms with E-state index in [1.807, 2.05) is 0 Å². The third-order valence-corrected chi connectivity index (χ3v) is 2.32. The minimum atomic E-state index is -0.934. The summed E-state index contributed by atoms with van der Waals surface area (Å²) in [6, 6.07) is 4.85. The average Bonchev–Trinajstić information content (AvgIpc) is 2.31. The highest BCUT2D eigenvalue weighted by molar-refractivity contribution is 5.69. The molecule has 0 saturated carbocycles. The lowest BCUT2D eigenvalue weighted by Gasteiger charge is -2.17. The predicted octanol–water partition coefficient (Wildman–Crippen LogP) is 0.921. The van der Waals surface area contributed by atoms with Gasteiger partial charge in [0.05, 0.1) is 20.2 Å². The number of aromatic hydroxyl groups is 1. The van der Waals surface area contributed by atoms with E-state index in [9.17, 15) is 9.90 Å². The van der Waals surface area contributed by atoms with E-state index in [1.54, 1.807) is 17.0 Å². The number of benzene rings is 1. The zero-order valence-corrected chi connectivity index (χ0v) is 10.1. The molecule has 0 heterocycles. The monoisotopic (exact) mass is 249 g/mol. The summed E-state index contributed by atoms with van der Waals surface area (Å²) in [6.07, 6.45) is 5.19. The molecule has 0 unspecified atom stereocenters. The molecular weight excluding hydrogens is 234 g/mol. The van der Waals surface area contributed by atoms with Crippen molar-refractivity contribution in [3.63, 3.8) is 0 Å². The van der Waals surface area contributed by atoms with E-state index in [0.29, 0.717) is 12.3 Å². The van der Waals surface area contributed by atoms with Crippen LogP contribution in [-0.4, -0.2) is 41.3 Å². The molecule has 1 aromatic carbocycles. The summed E-state index contributed by atoms with van der Waals surface area (Å²) in [7, 11) is 1.45. The van der Waals surface area contributed by atoms with Crippen LogP contribution in [0.25, 0.3) is 0 Å². The number of carbonyl (C=O) groups is 1. The van der Waals surface area contributed by atoms with Crippen molar-refractivity contribution in [3.05, 3.63) is 23.8 Å². The van der Waals surface area contributed by atoms with E-state index in [-0.39, 0.29) is 18.8 Å². The molecule has 0 aliphatic carbocycles. The minimum absolute atomic E-state index is 0.0444. The molecule has 0 bridgehead atoms. The number of nitrogens with zero attached hydrogens (tertiary/aromatic N) is 1. The van der Waals surface area contributed by atoms with Gasteiger partial charge in [-0.3, -0.25) is 9.69 Å². The first-order valence-corrected chi connectivity index (χ1v) is 5.30. The Morgan fingerprint density at radius 2 is 2.28 bits per heavy atom. The van der Waals surface area contributed by atoms with Crippen molar-refractivity contribution in [2.45, 2.75) is 6.54 Å². The molecule has 0 aromatic heterocycles. The van der Waals surface area contributed by atoms with Crippen LogP contribution in [0.5, 0.6) is 11.5 Å². The van der Waals surface area contributed by atoms with Gasteiger partial charge in [-0.05, 0) is 17.7 Å². The molecule has 18 heavy (non-hydrogen) atoms. The van der Waals surface area contributed by atoms with Crippen LogP contribution in [0.4, 0.5) is 0 Å². The molecule has 0 spiro atoms. The summed E-state index contributed by atoms with van der Waals surface area (Å²) in [5.74, 6) is 1.88. The van der Waals surface area contributed by atoms with Crippen LogP contribution in [0.2, 0.25) is 0 Å². The highest BCUT2D eigenvalue weighted by atomic mass is 16.5. The van der Waals surface area contributed by atoms with Crippen molar-refractivity contribution in [2.24, 2.45) is 0 Å². The maximum Gasteiger partial charge on any atom is 0.317 e. The van der Waals surface area contributed by atoms with Crippen LogP contribution < -0.4 is 4.74 Å². The molecular formula is C13H15NO4. The van der Waals surface area contributed by atoms with Gasteiger partial charge >= 0.3 is 5.97 Å². The lowest BCUT2D eigenvalue weighted by Crippen LogP contribution is -2.29. The largest absolute Gasteiger partial charge is 0.504 e. The van der Waals surface area contributed by atoms with Crippen LogP contribution in [0.15, 0.2) is 18.2 Å². The summed E-state index contributed by atoms with van der Waals surface area (Å²) in [4.78, 5) is 12.3. The fourth-order valence-corrected chi connectivity index (χ4v) is 1.57. The minimum Gasteiger partial charge on any atom is -0.504 e. The average molecular weight is 249 g/mol. The Hall–Kier alpha value is -2.19. The van der Waals surface area contributed by atoms with Gasteiger partial charge < -0.3 is 14.9 Å². The van der Waals surface area contributed by atoms with Crippen LogP contribution in [-0.2, 0) is 11.3 Å². The number of phenols is 1. The van der Waals surface area contributed by atoms with E-state index in [2.05, 4.69) is 5.92 Å². The molecule has 0 aliphatic heterocycles. The molecule has 5 nitrogen and oxygen atoms in total. The van der Waals surface area contributed by atoms with Gasteiger partial charge in [0.2, 0.25) is 0 Å². The van der Waals surface area contributed by atoms with Gasteiger partial charge in [-0.2, -0.15) is 0 Å². The summed E-state index contributed by atoms with van der Waals surface area (Å²) < 4.78 is 4.98. The number of phenolic OH excluding ortho intramolecular Hbond substituents is 1. The molecule has 0 radical (unpaired) electrons. The Labute approximate surface area is 106 Å². The number of carboxylic acids is 1. The number of carboxylic acid groups (broad SMARTS) is 1. The lowest BCUT2D eigenvalue weighted by molar-refractivity contribution is -0.138. The van der Waals surface area contributed by atoms with Crippen LogP contribution >= 0.6 is 0 Å². The number of rotatable bonds is 6. The second-order valence-corrected chi connectivity index (χ2v) is 3.75. The second kappa shape index (κ2) is 6.52. The second-order valence-electron chi connectivity index (χ2n) is 3.75. The number of hydrogen-bond acceptors (Lipinski definition) is 4. The number of methoxy groups -OCH3 is 1. The van der Waals surface area contributed by atoms with E-state index in [4.69, 9.17) is 16.3 Å². The Bertz CT molecular complexity index is 465. The zero-order valence-electron chi connectivity index (χ0n) is 10.1. The molecule has 2 N–H and O–H groups in total. The van der Waals surface area contributed by atoms with Gasteiger partial charge in [-0.15, -0.1) is 6.42 Å². The van der Waals surface area contributed by atoms with Gasteiger partial charge in [-0.25, -0.2) is 0 Å². The molecule has 1 rings (SSSR count). The van der Waals surface area contributed by atoms with Gasteiger partial charge in [0.15, 0.2) is 11.5 Å². The normalized spacial score (nSPS) is 10.1. The first-order chi connectivity index (χ1) is 8.56. The summed E-state index contributed by atoms with van der Waals surface area (Å²) >= 11 is 0. The Balaban J connectivity index is 2.80. The number of aliphatic carboxylic acids is 1. The fraction of sp³-hybridized carbons (Fsp3) is 0.308. The smallest absolute Gasteiger partial charge is 0.317 e. The van der Waals surface area contributed by atoms with Gasteiger partial charge in [0.25, 0.3) is 0 Å². The SMILES string of the molecule is C#CCN(CC(=O)O)Cc1ccc(O)c(OC)c1. The molecule has 1 aromatic rings. The Morgan fingerprint density at radius 3 is 2.83 bits per heavy atom. The molecule has 0 aliphatic rings. The van der Waals surface area contributed by atoms with Gasteiger partial charge in [0.1, 0.15) is 0 Å². The fourth-order valence-electron chi connectivity index (χ4n) is 1.57. The predicted molar refractivity (Wildman–Crippen MR) is 66.4 cm³/mol. The summed E-state index contributed by atoms with van der Waals surface area (Å²) in [5, 5.41) is 18.2. The van der Waals surface area contributed by atoms with Crippen molar-refractivity contribution < 1.29 is 19.7 Å². The van der Waals surface area contributed by atoms with E-state index >= 15 is 0 Å². The molecule has 96 valence electrons. The molecule has 0 amide bonds. The summed E-state index contributed by atoms with van der Waals surface area (Å²) in [6.45, 7) is 0.496. The third-order valence-electron chi connectivity index (χ3n) is 2.32. The van der Waals surface area contributed by atoms with Crippen LogP contribution in [0, 0.1) is 12.3 Å². The lowest BCUT2D eigenvalue weighted by atomic mass is 10.2. The van der Waals surface area contributed by atoms with Crippen LogP contribution in [0.3, 0.4) is 0 Å². The van der Waals surface area contributed by atoms with E-state index in [0.717, 1.165) is 5.56 Å². The number of terminal acetylenes is 1. The van der Waals surface area contributed by atoms with Gasteiger partial charge in [0, 0.05) is 6.54 Å². The van der Waals surface area contributed by atoms with E-state index in [1.165, 1.54) is 13.2 Å². The van der Waals surface area contributed by atoms with Crippen LogP contribution in [0.1, 0.15) is 5.56 Å².